The minimum atomic E-state index is -0.870. The number of nitrogens with zero attached hydrogens (tertiary/aromatic N) is 2. The van der Waals surface area contributed by atoms with Crippen molar-refractivity contribution in [3.05, 3.63) is 70.0 Å². The van der Waals surface area contributed by atoms with Gasteiger partial charge < -0.3 is 15.0 Å². The highest BCUT2D eigenvalue weighted by Gasteiger charge is 2.57. The Morgan fingerprint density at radius 2 is 2.03 bits per heavy atom. The van der Waals surface area contributed by atoms with E-state index in [-0.39, 0.29) is 29.5 Å². The zero-order chi connectivity index (χ0) is 22.9. The number of amides is 2. The van der Waals surface area contributed by atoms with E-state index in [1.54, 1.807) is 12.1 Å². The molecule has 32 heavy (non-hydrogen) atoms. The summed E-state index contributed by atoms with van der Waals surface area (Å²) in [5.74, 6) is -1.70. The number of esters is 1. The molecule has 2 heterocycles. The molecular weight excluding hydrogens is 441 g/mol. The Bertz CT molecular complexity index is 1100. The molecule has 2 aliphatic rings. The van der Waals surface area contributed by atoms with Crippen LogP contribution in [0.1, 0.15) is 18.4 Å². The number of ether oxygens (including phenoxy) is 1. The van der Waals surface area contributed by atoms with Gasteiger partial charge in [0.2, 0.25) is 5.91 Å². The van der Waals surface area contributed by atoms with Crippen LogP contribution in [0.2, 0.25) is 0 Å². The molecule has 11 heteroatoms. The monoisotopic (exact) mass is 459 g/mol. The normalized spacial score (nSPS) is 21.8. The van der Waals surface area contributed by atoms with E-state index in [4.69, 9.17) is 4.74 Å². The Morgan fingerprint density at radius 3 is 2.75 bits per heavy atom. The zero-order valence-electron chi connectivity index (χ0n) is 16.7. The Labute approximate surface area is 186 Å². The molecule has 166 valence electrons. The molecule has 2 atom stereocenters. The molecule has 1 N–H and O–H groups in total. The maximum Gasteiger partial charge on any atom is 0.330 e. The molecule has 0 saturated carbocycles. The number of nitro groups is 1. The lowest BCUT2D eigenvalue weighted by Gasteiger charge is -2.33. The number of hydrogen-bond acceptors (Lipinski definition) is 7. The van der Waals surface area contributed by atoms with Crippen molar-refractivity contribution in [3.63, 3.8) is 0 Å². The fourth-order valence-electron chi connectivity index (χ4n) is 3.95. The second-order valence-electron chi connectivity index (χ2n) is 7.35. The first-order valence-corrected chi connectivity index (χ1v) is 10.7. The highest BCUT2D eigenvalue weighted by molar-refractivity contribution is 8.00. The van der Waals surface area contributed by atoms with Crippen molar-refractivity contribution in [1.82, 2.24) is 4.90 Å². The molecule has 2 aromatic rings. The van der Waals surface area contributed by atoms with Crippen LogP contribution in [0.25, 0.3) is 0 Å². The number of nitro benzene ring substituents is 1. The van der Waals surface area contributed by atoms with Crippen LogP contribution < -0.4 is 5.32 Å². The smallest absolute Gasteiger partial charge is 0.330 e. The quantitative estimate of drug-likeness (QED) is 0.401. The van der Waals surface area contributed by atoms with Crippen LogP contribution in [0.5, 0.6) is 0 Å². The van der Waals surface area contributed by atoms with Gasteiger partial charge in [-0.25, -0.2) is 9.18 Å². The first kappa shape index (κ1) is 21.8. The van der Waals surface area contributed by atoms with E-state index in [9.17, 15) is 28.9 Å². The van der Waals surface area contributed by atoms with Crippen LogP contribution >= 0.6 is 11.8 Å². The Balaban J connectivity index is 1.41. The van der Waals surface area contributed by atoms with E-state index in [1.807, 2.05) is 0 Å². The molecule has 2 saturated heterocycles. The maximum atomic E-state index is 13.4. The van der Waals surface area contributed by atoms with E-state index in [0.29, 0.717) is 6.42 Å². The van der Waals surface area contributed by atoms with Gasteiger partial charge in [-0.3, -0.25) is 19.7 Å². The highest BCUT2D eigenvalue weighted by atomic mass is 32.2. The second-order valence-corrected chi connectivity index (χ2v) is 8.64. The number of nitrogens with one attached hydrogen (secondary N) is 1. The SMILES string of the molecule is O=C(COC(=O)C1CSC2(c3ccc(F)cc3)CCC(=O)N12)Nc1cccc([N+](=O)[O-])c1. The van der Waals surface area contributed by atoms with Crippen molar-refractivity contribution in [2.24, 2.45) is 0 Å². The molecule has 2 aliphatic heterocycles. The number of carbonyl (C=O) groups excluding carboxylic acids is 3. The van der Waals surface area contributed by atoms with Crippen LogP contribution in [0.3, 0.4) is 0 Å². The summed E-state index contributed by atoms with van der Waals surface area (Å²) in [5, 5.41) is 13.3. The van der Waals surface area contributed by atoms with E-state index in [1.165, 1.54) is 53.1 Å². The number of thioether (sulfide) groups is 1. The predicted molar refractivity (Wildman–Crippen MR) is 113 cm³/mol. The number of hydrogen-bond donors (Lipinski definition) is 1. The molecule has 9 nitrogen and oxygen atoms in total. The average molecular weight is 459 g/mol. The van der Waals surface area contributed by atoms with Gasteiger partial charge in [-0.2, -0.15) is 0 Å². The topological polar surface area (TPSA) is 119 Å². The summed E-state index contributed by atoms with van der Waals surface area (Å²) < 4.78 is 18.5. The second kappa shape index (κ2) is 8.58. The summed E-state index contributed by atoms with van der Waals surface area (Å²) in [7, 11) is 0. The molecule has 0 bridgehead atoms. The predicted octanol–water partition coefficient (Wildman–Crippen LogP) is 2.81. The average Bonchev–Trinajstić information content (AvgIpc) is 3.32. The van der Waals surface area contributed by atoms with Gasteiger partial charge in [-0.15, -0.1) is 11.8 Å². The fourth-order valence-corrected chi connectivity index (χ4v) is 5.59. The maximum absolute atomic E-state index is 13.4. The van der Waals surface area contributed by atoms with Crippen LogP contribution in [-0.2, 0) is 24.0 Å². The molecule has 4 rings (SSSR count). The van der Waals surface area contributed by atoms with Crippen molar-refractivity contribution in [3.8, 4) is 0 Å². The molecule has 2 unspecified atom stereocenters. The number of non-ortho nitro benzene ring substituents is 1. The molecule has 0 spiro atoms. The van der Waals surface area contributed by atoms with Gasteiger partial charge >= 0.3 is 5.97 Å². The van der Waals surface area contributed by atoms with E-state index in [2.05, 4.69) is 5.32 Å². The third kappa shape index (κ3) is 4.03. The minimum absolute atomic E-state index is 0.188. The standard InChI is InChI=1S/C21H18FN3O6S/c22-14-6-4-13(5-7-14)21-9-8-19(27)24(21)17(12-32-21)20(28)31-11-18(26)23-15-2-1-3-16(10-15)25(29)30/h1-7,10,17H,8-9,11-12H2,(H,23,26). The summed E-state index contributed by atoms with van der Waals surface area (Å²) in [6, 6.07) is 10.3. The van der Waals surface area contributed by atoms with Gasteiger partial charge in [0.05, 0.1) is 4.92 Å². The summed E-state index contributed by atoms with van der Waals surface area (Å²) in [6.07, 6.45) is 0.737. The number of carbonyl (C=O) groups is 3. The molecule has 2 aromatic carbocycles. The lowest BCUT2D eigenvalue weighted by Crippen LogP contribution is -2.47. The zero-order valence-corrected chi connectivity index (χ0v) is 17.5. The highest BCUT2D eigenvalue weighted by Crippen LogP contribution is 2.54. The summed E-state index contributed by atoms with van der Waals surface area (Å²) in [5.41, 5.74) is 0.739. The van der Waals surface area contributed by atoms with Gasteiger partial charge in [0.1, 0.15) is 16.7 Å². The van der Waals surface area contributed by atoms with Crippen LogP contribution in [0.4, 0.5) is 15.8 Å². The van der Waals surface area contributed by atoms with Crippen LogP contribution in [-0.4, -0.2) is 46.0 Å². The third-order valence-electron chi connectivity index (χ3n) is 5.38. The molecular formula is C21H18FN3O6S. The minimum Gasteiger partial charge on any atom is -0.454 e. The number of rotatable bonds is 6. The number of fused-ring (bicyclic) bond motifs is 1. The van der Waals surface area contributed by atoms with E-state index >= 15 is 0 Å². The van der Waals surface area contributed by atoms with Crippen molar-refractivity contribution in [2.45, 2.75) is 23.8 Å². The Morgan fingerprint density at radius 1 is 1.28 bits per heavy atom. The summed E-state index contributed by atoms with van der Waals surface area (Å²) in [6.45, 7) is -0.603. The van der Waals surface area contributed by atoms with E-state index < -0.39 is 40.1 Å². The lowest BCUT2D eigenvalue weighted by molar-refractivity contribution is -0.384. The Kier molecular flexibility index (Phi) is 5.83. The van der Waals surface area contributed by atoms with Gasteiger partial charge in [0.25, 0.3) is 11.6 Å². The molecule has 2 amide bonds. The van der Waals surface area contributed by atoms with Gasteiger partial charge in [0, 0.05) is 30.0 Å². The first-order chi connectivity index (χ1) is 15.3. The fraction of sp³-hybridized carbons (Fsp3) is 0.286. The molecule has 0 radical (unpaired) electrons. The van der Waals surface area contributed by atoms with Gasteiger partial charge in [-0.1, -0.05) is 18.2 Å². The Hall–Kier alpha value is -3.47. The number of benzene rings is 2. The lowest BCUT2D eigenvalue weighted by atomic mass is 10.0. The van der Waals surface area contributed by atoms with E-state index in [0.717, 1.165) is 5.56 Å². The van der Waals surface area contributed by atoms with Crippen molar-refractivity contribution in [2.75, 3.05) is 17.7 Å². The van der Waals surface area contributed by atoms with Crippen molar-refractivity contribution in [1.29, 1.82) is 0 Å². The molecule has 0 aromatic heterocycles. The number of anilines is 1. The third-order valence-corrected chi connectivity index (χ3v) is 6.98. The van der Waals surface area contributed by atoms with Crippen molar-refractivity contribution < 1.29 is 28.4 Å². The number of halogens is 1. The van der Waals surface area contributed by atoms with Crippen molar-refractivity contribution >= 4 is 40.9 Å². The summed E-state index contributed by atoms with van der Waals surface area (Å²) >= 11 is 1.42. The van der Waals surface area contributed by atoms with Gasteiger partial charge in [0.15, 0.2) is 6.61 Å². The first-order valence-electron chi connectivity index (χ1n) is 9.73. The van der Waals surface area contributed by atoms with Crippen LogP contribution in [0, 0.1) is 15.9 Å². The molecule has 0 aliphatic carbocycles. The largest absolute Gasteiger partial charge is 0.454 e. The van der Waals surface area contributed by atoms with Gasteiger partial charge in [-0.05, 0) is 30.2 Å². The molecule has 2 fully saturated rings. The summed E-state index contributed by atoms with van der Waals surface area (Å²) in [4.78, 5) is 48.4. The van der Waals surface area contributed by atoms with Crippen LogP contribution in [0.15, 0.2) is 48.5 Å².